The minimum Gasteiger partial charge on any atom is -0.478 e. The fourth-order valence-corrected chi connectivity index (χ4v) is 2.67. The summed E-state index contributed by atoms with van der Waals surface area (Å²) < 4.78 is 38.9. The molecule has 9 nitrogen and oxygen atoms in total. The van der Waals surface area contributed by atoms with Gasteiger partial charge in [0.25, 0.3) is 0 Å². The first-order valence-electron chi connectivity index (χ1n) is 10.2. The third-order valence-corrected chi connectivity index (χ3v) is 4.18. The molecule has 0 saturated carbocycles. The molecule has 0 aliphatic carbocycles. The van der Waals surface area contributed by atoms with Crippen LogP contribution in [0, 0.1) is 0 Å². The highest BCUT2D eigenvalue weighted by Crippen LogP contribution is 2.10. The van der Waals surface area contributed by atoms with E-state index in [2.05, 4.69) is 0 Å². The molecule has 9 heteroatoms. The molecule has 1 unspecified atom stereocenters. The van der Waals surface area contributed by atoms with E-state index < -0.39 is 5.97 Å². The summed E-state index contributed by atoms with van der Waals surface area (Å²) in [6.45, 7) is 5.54. The van der Waals surface area contributed by atoms with Crippen molar-refractivity contribution in [3.8, 4) is 0 Å². The van der Waals surface area contributed by atoms with E-state index in [-0.39, 0.29) is 24.9 Å². The van der Waals surface area contributed by atoms with Crippen LogP contribution in [0.5, 0.6) is 0 Å². The van der Waals surface area contributed by atoms with Crippen LogP contribution in [0.3, 0.4) is 0 Å². The predicted molar refractivity (Wildman–Crippen MR) is 107 cm³/mol. The molecule has 0 spiro atoms. The van der Waals surface area contributed by atoms with Gasteiger partial charge in [0.05, 0.1) is 91.5 Å². The van der Waals surface area contributed by atoms with Crippen molar-refractivity contribution in [1.29, 1.82) is 0 Å². The molecule has 0 radical (unpaired) electrons. The summed E-state index contributed by atoms with van der Waals surface area (Å²) in [6, 6.07) is 6.77. The van der Waals surface area contributed by atoms with E-state index in [0.29, 0.717) is 78.2 Å². The van der Waals surface area contributed by atoms with Gasteiger partial charge in [-0.3, -0.25) is 0 Å². The number of carboxylic acid groups (broad SMARTS) is 1. The summed E-state index contributed by atoms with van der Waals surface area (Å²) in [5.74, 6) is -0.975. The fraction of sp³-hybridized carbons (Fsp3) is 0.667. The van der Waals surface area contributed by atoms with Crippen molar-refractivity contribution in [2.75, 3.05) is 79.3 Å². The Hall–Kier alpha value is -1.59. The third-order valence-electron chi connectivity index (χ3n) is 4.18. The SMILES string of the molecule is O=C(O)c1ccccc1COCC1COCCOCCOCCOCCOCCO1. The van der Waals surface area contributed by atoms with Gasteiger partial charge in [0.1, 0.15) is 6.10 Å². The van der Waals surface area contributed by atoms with Crippen molar-refractivity contribution in [3.05, 3.63) is 35.4 Å². The van der Waals surface area contributed by atoms with Crippen LogP contribution in [0.1, 0.15) is 15.9 Å². The zero-order valence-electron chi connectivity index (χ0n) is 17.3. The normalized spacial score (nSPS) is 21.4. The Morgan fingerprint density at radius 2 is 1.37 bits per heavy atom. The minimum absolute atomic E-state index is 0.180. The maximum atomic E-state index is 11.3. The van der Waals surface area contributed by atoms with Crippen LogP contribution in [-0.2, 0) is 39.8 Å². The van der Waals surface area contributed by atoms with Gasteiger partial charge in [-0.25, -0.2) is 4.79 Å². The molecule has 1 aliphatic heterocycles. The second-order valence-corrected chi connectivity index (χ2v) is 6.49. The first-order chi connectivity index (χ1) is 14.8. The molecule has 1 atom stereocenters. The van der Waals surface area contributed by atoms with Crippen LogP contribution in [-0.4, -0.2) is 96.5 Å². The summed E-state index contributed by atoms with van der Waals surface area (Å²) in [6.07, 6.45) is -0.302. The van der Waals surface area contributed by atoms with Gasteiger partial charge in [-0.05, 0) is 11.6 Å². The number of ether oxygens (including phenoxy) is 7. The molecule has 0 amide bonds. The van der Waals surface area contributed by atoms with Gasteiger partial charge in [0.2, 0.25) is 0 Å². The molecule has 1 aromatic rings. The van der Waals surface area contributed by atoms with E-state index in [1.165, 1.54) is 0 Å². The van der Waals surface area contributed by atoms with E-state index in [9.17, 15) is 9.90 Å². The summed E-state index contributed by atoms with van der Waals surface area (Å²) >= 11 is 0. The van der Waals surface area contributed by atoms with Crippen molar-refractivity contribution in [2.45, 2.75) is 12.7 Å². The lowest BCUT2D eigenvalue weighted by atomic mass is 10.1. The Balaban J connectivity index is 1.75. The number of hydrogen-bond acceptors (Lipinski definition) is 8. The molecule has 30 heavy (non-hydrogen) atoms. The molecule has 170 valence electrons. The summed E-state index contributed by atoms with van der Waals surface area (Å²) in [7, 11) is 0. The highest BCUT2D eigenvalue weighted by atomic mass is 16.6. The van der Waals surface area contributed by atoms with Crippen LogP contribution in [0.15, 0.2) is 24.3 Å². The number of carbonyl (C=O) groups is 1. The van der Waals surface area contributed by atoms with Gasteiger partial charge < -0.3 is 38.3 Å². The summed E-state index contributed by atoms with van der Waals surface area (Å²) in [5, 5.41) is 9.26. The van der Waals surface area contributed by atoms with Crippen molar-refractivity contribution in [1.82, 2.24) is 0 Å². The average Bonchev–Trinajstić information content (AvgIpc) is 2.75. The van der Waals surface area contributed by atoms with E-state index in [1.54, 1.807) is 24.3 Å². The topological polar surface area (TPSA) is 102 Å². The van der Waals surface area contributed by atoms with Crippen LogP contribution in [0.4, 0.5) is 0 Å². The van der Waals surface area contributed by atoms with Crippen LogP contribution < -0.4 is 0 Å². The Kier molecular flexibility index (Phi) is 13.3. The number of benzene rings is 1. The molecule has 1 fully saturated rings. The van der Waals surface area contributed by atoms with Gasteiger partial charge in [-0.15, -0.1) is 0 Å². The second kappa shape index (κ2) is 16.1. The first kappa shape index (κ1) is 24.7. The van der Waals surface area contributed by atoms with Gasteiger partial charge in [-0.1, -0.05) is 18.2 Å². The standard InChI is InChI=1S/C21H32O9/c22-21(23)20-4-2-1-3-18(20)15-29-17-19-16-28-12-11-26-8-7-24-5-6-25-9-10-27-13-14-30-19/h1-4,19H,5-17H2,(H,22,23). The monoisotopic (exact) mass is 428 g/mol. The Morgan fingerprint density at radius 3 is 1.97 bits per heavy atom. The molecule has 1 saturated heterocycles. The van der Waals surface area contributed by atoms with Gasteiger partial charge in [0, 0.05) is 0 Å². The van der Waals surface area contributed by atoms with Crippen molar-refractivity contribution in [2.24, 2.45) is 0 Å². The molecule has 1 N–H and O–H groups in total. The molecule has 0 aromatic heterocycles. The van der Waals surface area contributed by atoms with E-state index in [4.69, 9.17) is 33.2 Å². The van der Waals surface area contributed by atoms with Crippen molar-refractivity contribution >= 4 is 5.97 Å². The number of rotatable bonds is 5. The van der Waals surface area contributed by atoms with Gasteiger partial charge >= 0.3 is 5.97 Å². The average molecular weight is 428 g/mol. The third kappa shape index (κ3) is 11.0. The second-order valence-electron chi connectivity index (χ2n) is 6.49. The lowest BCUT2D eigenvalue weighted by molar-refractivity contribution is -0.0866. The molecular formula is C21H32O9. The Labute approximate surface area is 177 Å². The fourth-order valence-electron chi connectivity index (χ4n) is 2.67. The lowest BCUT2D eigenvalue weighted by Gasteiger charge is -2.19. The van der Waals surface area contributed by atoms with Gasteiger partial charge in [0.15, 0.2) is 0 Å². The highest BCUT2D eigenvalue weighted by Gasteiger charge is 2.13. The summed E-state index contributed by atoms with van der Waals surface area (Å²) in [4.78, 5) is 11.3. The zero-order chi connectivity index (χ0) is 21.3. The first-order valence-corrected chi connectivity index (χ1v) is 10.2. The van der Waals surface area contributed by atoms with Crippen molar-refractivity contribution in [3.63, 3.8) is 0 Å². The lowest BCUT2D eigenvalue weighted by Crippen LogP contribution is -2.28. The van der Waals surface area contributed by atoms with Gasteiger partial charge in [-0.2, -0.15) is 0 Å². The molecule has 1 aliphatic rings. The quantitative estimate of drug-likeness (QED) is 0.745. The Bertz CT molecular complexity index is 563. The molecule has 0 bridgehead atoms. The molecule has 1 aromatic carbocycles. The Morgan fingerprint density at radius 1 is 0.833 bits per heavy atom. The molecule has 1 heterocycles. The van der Waals surface area contributed by atoms with Crippen LogP contribution in [0.25, 0.3) is 0 Å². The van der Waals surface area contributed by atoms with Crippen LogP contribution in [0.2, 0.25) is 0 Å². The molecular weight excluding hydrogens is 396 g/mol. The summed E-state index contributed by atoms with van der Waals surface area (Å²) in [5.41, 5.74) is 0.848. The van der Waals surface area contributed by atoms with E-state index >= 15 is 0 Å². The van der Waals surface area contributed by atoms with Crippen molar-refractivity contribution < 1.29 is 43.1 Å². The number of hydrogen-bond donors (Lipinski definition) is 1. The maximum absolute atomic E-state index is 11.3. The zero-order valence-corrected chi connectivity index (χ0v) is 17.3. The number of aromatic carboxylic acids is 1. The van der Waals surface area contributed by atoms with E-state index in [1.807, 2.05) is 0 Å². The highest BCUT2D eigenvalue weighted by molar-refractivity contribution is 5.89. The smallest absolute Gasteiger partial charge is 0.336 e. The van der Waals surface area contributed by atoms with Crippen LogP contribution >= 0.6 is 0 Å². The number of carboxylic acids is 1. The molecule has 2 rings (SSSR count). The predicted octanol–water partition coefficient (Wildman–Crippen LogP) is 1.38. The largest absolute Gasteiger partial charge is 0.478 e. The van der Waals surface area contributed by atoms with E-state index in [0.717, 1.165) is 0 Å². The maximum Gasteiger partial charge on any atom is 0.336 e. The minimum atomic E-state index is -0.975.